The smallest absolute Gasteiger partial charge is 0.332 e. The Morgan fingerprint density at radius 1 is 1.40 bits per heavy atom. The summed E-state index contributed by atoms with van der Waals surface area (Å²) in [6, 6.07) is -0.219. The molecule has 1 fully saturated rings. The lowest BCUT2D eigenvalue weighted by Crippen LogP contribution is -2.40. The Morgan fingerprint density at radius 3 is 2.96 bits per heavy atom. The fourth-order valence-electron chi connectivity index (χ4n) is 2.86. The van der Waals surface area contributed by atoms with Gasteiger partial charge in [0.15, 0.2) is 5.82 Å². The van der Waals surface area contributed by atoms with Crippen LogP contribution in [-0.2, 0) is 17.6 Å². The predicted molar refractivity (Wildman–Crippen MR) is 82.7 cm³/mol. The van der Waals surface area contributed by atoms with Gasteiger partial charge < -0.3 is 4.90 Å². The van der Waals surface area contributed by atoms with E-state index in [1.54, 1.807) is 10.3 Å². The average molecular weight is 374 g/mol. The van der Waals surface area contributed by atoms with E-state index in [4.69, 9.17) is 0 Å². The number of thiazole rings is 1. The molecule has 1 N–H and O–H groups in total. The quantitative estimate of drug-likeness (QED) is 0.869. The van der Waals surface area contributed by atoms with Gasteiger partial charge in [0.05, 0.1) is 23.2 Å². The number of H-pyrrole nitrogens is 1. The molecule has 0 radical (unpaired) electrons. The van der Waals surface area contributed by atoms with Crippen molar-refractivity contribution in [3.8, 4) is 0 Å². The maximum atomic E-state index is 12.6. The van der Waals surface area contributed by atoms with Gasteiger partial charge in [-0.05, 0) is 19.3 Å². The third-order valence-electron chi connectivity index (χ3n) is 4.04. The number of carbonyl (C=O) groups excluding carboxylic acids is 1. The third-order valence-corrected chi connectivity index (χ3v) is 4.99. The largest absolute Gasteiger partial charge is 0.389 e. The summed E-state index contributed by atoms with van der Waals surface area (Å²) in [5, 5.41) is 15.9. The van der Waals surface area contributed by atoms with E-state index < -0.39 is 12.6 Å². The molecule has 136 valence electrons. The molecule has 1 atom stereocenters. The predicted octanol–water partition coefficient (Wildman–Crippen LogP) is 2.45. The molecule has 2 aromatic rings. The number of halogens is 3. The minimum absolute atomic E-state index is 0.0663. The number of hydrogen-bond donors (Lipinski definition) is 1. The van der Waals surface area contributed by atoms with Crippen LogP contribution < -0.4 is 0 Å². The first kappa shape index (κ1) is 17.8. The number of carbonyl (C=O) groups is 1. The van der Waals surface area contributed by atoms with Crippen LogP contribution in [0.2, 0.25) is 0 Å². The number of hydrogen-bond acceptors (Lipinski definition) is 6. The molecule has 2 aromatic heterocycles. The summed E-state index contributed by atoms with van der Waals surface area (Å²) in [5.74, 6) is 0.361. The number of alkyl halides is 3. The van der Waals surface area contributed by atoms with Crippen LogP contribution in [0.3, 0.4) is 0 Å². The van der Waals surface area contributed by atoms with Gasteiger partial charge in [0.2, 0.25) is 5.91 Å². The number of piperidine rings is 1. The maximum absolute atomic E-state index is 12.6. The van der Waals surface area contributed by atoms with Crippen molar-refractivity contribution >= 4 is 17.2 Å². The molecular weight excluding hydrogens is 357 g/mol. The Kier molecular flexibility index (Phi) is 5.30. The number of amides is 1. The van der Waals surface area contributed by atoms with Crippen LogP contribution in [0, 0.1) is 0 Å². The van der Waals surface area contributed by atoms with Crippen molar-refractivity contribution in [2.75, 3.05) is 6.54 Å². The van der Waals surface area contributed by atoms with Crippen LogP contribution in [-0.4, -0.2) is 49.1 Å². The standard InChI is InChI=1S/C14H17F3N6OS/c15-14(16,17)5-4-11-18-9(8-25-11)7-12(24)23-6-2-1-3-10(23)13-19-21-22-20-13/h8,10H,1-7H2,(H,19,20,21,22). The Labute approximate surface area is 145 Å². The molecule has 0 aromatic carbocycles. The van der Waals surface area contributed by atoms with Crippen LogP contribution in [0.25, 0.3) is 0 Å². The Hall–Kier alpha value is -2.04. The first-order valence-electron chi connectivity index (χ1n) is 7.95. The normalized spacial score (nSPS) is 18.5. The lowest BCUT2D eigenvalue weighted by molar-refractivity contribution is -0.135. The molecule has 3 rings (SSSR count). The number of aromatic nitrogens is 5. The maximum Gasteiger partial charge on any atom is 0.389 e. The average Bonchev–Trinajstić information content (AvgIpc) is 3.24. The zero-order valence-corrected chi connectivity index (χ0v) is 14.1. The fourth-order valence-corrected chi connectivity index (χ4v) is 3.66. The van der Waals surface area contributed by atoms with Gasteiger partial charge in [-0.2, -0.15) is 18.4 Å². The molecule has 0 spiro atoms. The molecule has 0 aliphatic carbocycles. The third kappa shape index (κ3) is 4.74. The number of aryl methyl sites for hydroxylation is 1. The van der Waals surface area contributed by atoms with E-state index in [1.807, 2.05) is 0 Å². The summed E-state index contributed by atoms with van der Waals surface area (Å²) >= 11 is 1.16. The van der Waals surface area contributed by atoms with Crippen molar-refractivity contribution in [2.24, 2.45) is 0 Å². The SMILES string of the molecule is O=C(Cc1csc(CCC(F)(F)F)n1)N1CCCCC1c1nn[nH]n1. The minimum Gasteiger partial charge on any atom is -0.332 e. The Bertz CT molecular complexity index is 702. The highest BCUT2D eigenvalue weighted by Crippen LogP contribution is 2.29. The highest BCUT2D eigenvalue weighted by atomic mass is 32.1. The second-order valence-electron chi connectivity index (χ2n) is 5.89. The van der Waals surface area contributed by atoms with Crippen molar-refractivity contribution in [3.63, 3.8) is 0 Å². The van der Waals surface area contributed by atoms with Gasteiger partial charge in [-0.25, -0.2) is 4.98 Å². The van der Waals surface area contributed by atoms with Crippen LogP contribution in [0.4, 0.5) is 13.2 Å². The fraction of sp³-hybridized carbons (Fsp3) is 0.643. The van der Waals surface area contributed by atoms with Gasteiger partial charge in [-0.15, -0.1) is 21.5 Å². The van der Waals surface area contributed by atoms with Gasteiger partial charge >= 0.3 is 6.18 Å². The molecule has 1 aliphatic rings. The van der Waals surface area contributed by atoms with Gasteiger partial charge in [0, 0.05) is 24.8 Å². The van der Waals surface area contributed by atoms with Crippen LogP contribution >= 0.6 is 11.3 Å². The molecule has 0 saturated carbocycles. The van der Waals surface area contributed by atoms with Crippen molar-refractivity contribution in [1.29, 1.82) is 0 Å². The van der Waals surface area contributed by atoms with Crippen LogP contribution in [0.5, 0.6) is 0 Å². The number of tetrazole rings is 1. The first-order valence-corrected chi connectivity index (χ1v) is 8.83. The molecule has 3 heterocycles. The molecule has 1 amide bonds. The summed E-state index contributed by atoms with van der Waals surface area (Å²) in [6.07, 6.45) is -2.56. The number of aromatic amines is 1. The molecule has 1 unspecified atom stereocenters. The number of likely N-dealkylation sites (tertiary alicyclic amines) is 1. The summed E-state index contributed by atoms with van der Waals surface area (Å²) in [4.78, 5) is 18.5. The molecular formula is C14H17F3N6OS. The van der Waals surface area contributed by atoms with Crippen LogP contribution in [0.1, 0.15) is 48.3 Å². The van der Waals surface area contributed by atoms with E-state index in [1.165, 1.54) is 0 Å². The molecule has 0 bridgehead atoms. The van der Waals surface area contributed by atoms with E-state index in [0.29, 0.717) is 23.1 Å². The molecule has 1 aliphatic heterocycles. The lowest BCUT2D eigenvalue weighted by atomic mass is 10.0. The van der Waals surface area contributed by atoms with E-state index in [-0.39, 0.29) is 24.8 Å². The highest BCUT2D eigenvalue weighted by Gasteiger charge is 2.31. The lowest BCUT2D eigenvalue weighted by Gasteiger charge is -2.33. The Balaban J connectivity index is 1.62. The van der Waals surface area contributed by atoms with Crippen molar-refractivity contribution < 1.29 is 18.0 Å². The molecule has 1 saturated heterocycles. The summed E-state index contributed by atoms with van der Waals surface area (Å²) in [5.41, 5.74) is 0.504. The zero-order valence-electron chi connectivity index (χ0n) is 13.3. The van der Waals surface area contributed by atoms with E-state index >= 15 is 0 Å². The molecule has 11 heteroatoms. The van der Waals surface area contributed by atoms with Crippen molar-refractivity contribution in [2.45, 2.75) is 50.7 Å². The minimum atomic E-state index is -4.20. The van der Waals surface area contributed by atoms with E-state index in [2.05, 4.69) is 25.6 Å². The van der Waals surface area contributed by atoms with Crippen molar-refractivity contribution in [3.05, 3.63) is 21.9 Å². The van der Waals surface area contributed by atoms with E-state index in [9.17, 15) is 18.0 Å². The number of nitrogens with one attached hydrogen (secondary N) is 1. The Morgan fingerprint density at radius 2 is 2.24 bits per heavy atom. The second kappa shape index (κ2) is 7.46. The summed E-state index contributed by atoms with van der Waals surface area (Å²) in [6.45, 7) is 0.600. The van der Waals surface area contributed by atoms with Crippen molar-refractivity contribution in [1.82, 2.24) is 30.5 Å². The first-order chi connectivity index (χ1) is 11.9. The number of nitrogens with zero attached hydrogens (tertiary/aromatic N) is 5. The topological polar surface area (TPSA) is 87.7 Å². The molecule has 25 heavy (non-hydrogen) atoms. The van der Waals surface area contributed by atoms with Gasteiger partial charge in [-0.3, -0.25) is 4.79 Å². The second-order valence-corrected chi connectivity index (χ2v) is 6.84. The van der Waals surface area contributed by atoms with Gasteiger partial charge in [0.25, 0.3) is 0 Å². The molecule has 7 nitrogen and oxygen atoms in total. The monoisotopic (exact) mass is 374 g/mol. The zero-order chi connectivity index (χ0) is 17.9. The van der Waals surface area contributed by atoms with E-state index in [0.717, 1.165) is 30.6 Å². The number of rotatable bonds is 5. The summed E-state index contributed by atoms with van der Waals surface area (Å²) < 4.78 is 36.8. The summed E-state index contributed by atoms with van der Waals surface area (Å²) in [7, 11) is 0. The van der Waals surface area contributed by atoms with Gasteiger partial charge in [0.1, 0.15) is 0 Å². The van der Waals surface area contributed by atoms with Gasteiger partial charge in [-0.1, -0.05) is 5.21 Å². The van der Waals surface area contributed by atoms with Crippen LogP contribution in [0.15, 0.2) is 5.38 Å². The highest BCUT2D eigenvalue weighted by molar-refractivity contribution is 7.09.